The van der Waals surface area contributed by atoms with Crippen molar-refractivity contribution >= 4 is 22.7 Å². The molecule has 10 heteroatoms. The van der Waals surface area contributed by atoms with Crippen LogP contribution in [-0.4, -0.2) is 49.4 Å². The highest BCUT2D eigenvalue weighted by Crippen LogP contribution is 2.28. The molecule has 1 aliphatic heterocycles. The van der Waals surface area contributed by atoms with Crippen molar-refractivity contribution in [1.29, 1.82) is 0 Å². The van der Waals surface area contributed by atoms with Crippen LogP contribution in [0.3, 0.4) is 0 Å². The number of aromatic nitrogens is 4. The second-order valence-corrected chi connectivity index (χ2v) is 8.86. The number of likely N-dealkylation sites (tertiary alicyclic amines) is 1. The number of amides is 1. The third-order valence-corrected chi connectivity index (χ3v) is 6.35. The minimum absolute atomic E-state index is 0.00406. The van der Waals surface area contributed by atoms with Gasteiger partial charge in [0.1, 0.15) is 11.2 Å². The predicted octanol–water partition coefficient (Wildman–Crippen LogP) is 3.21. The van der Waals surface area contributed by atoms with Crippen molar-refractivity contribution in [2.45, 2.75) is 45.0 Å². The van der Waals surface area contributed by atoms with E-state index >= 15 is 0 Å². The largest absolute Gasteiger partial charge is 0.343 e. The fraction of sp³-hybridized carbons (Fsp3) is 0.458. The Morgan fingerprint density at radius 2 is 1.85 bits per heavy atom. The van der Waals surface area contributed by atoms with Crippen LogP contribution in [0, 0.1) is 5.92 Å². The van der Waals surface area contributed by atoms with Gasteiger partial charge in [-0.1, -0.05) is 24.3 Å². The summed E-state index contributed by atoms with van der Waals surface area (Å²) in [5, 5.41) is 4.47. The number of aryl methyl sites for hydroxylation is 2. The summed E-state index contributed by atoms with van der Waals surface area (Å²) >= 11 is 0. The summed E-state index contributed by atoms with van der Waals surface area (Å²) in [5.41, 5.74) is 0.563. The van der Waals surface area contributed by atoms with E-state index in [1.807, 2.05) is 0 Å². The van der Waals surface area contributed by atoms with Gasteiger partial charge in [-0.05, 0) is 19.3 Å². The quantitative estimate of drug-likeness (QED) is 0.534. The Balaban J connectivity index is 1.26. The van der Waals surface area contributed by atoms with Gasteiger partial charge >= 0.3 is 0 Å². The molecule has 3 aromatic rings. The van der Waals surface area contributed by atoms with E-state index in [1.54, 1.807) is 11.9 Å². The Labute approximate surface area is 195 Å². The Morgan fingerprint density at radius 3 is 2.50 bits per heavy atom. The summed E-state index contributed by atoms with van der Waals surface area (Å²) in [6.07, 6.45) is 3.88. The molecule has 1 saturated heterocycles. The number of nitrogens with zero attached hydrogens (tertiary/aromatic N) is 4. The Kier molecular flexibility index (Phi) is 6.58. The zero-order valence-corrected chi connectivity index (χ0v) is 19.2. The molecule has 34 heavy (non-hydrogen) atoms. The lowest BCUT2D eigenvalue weighted by molar-refractivity contribution is -0.132. The second-order valence-electron chi connectivity index (χ2n) is 8.86. The van der Waals surface area contributed by atoms with E-state index < -0.39 is 5.92 Å². The van der Waals surface area contributed by atoms with E-state index in [9.17, 15) is 23.2 Å². The van der Waals surface area contributed by atoms with Crippen LogP contribution in [0.25, 0.3) is 11.0 Å². The van der Waals surface area contributed by atoms with Gasteiger partial charge in [0.15, 0.2) is 11.4 Å². The van der Waals surface area contributed by atoms with E-state index in [-0.39, 0.29) is 28.7 Å². The van der Waals surface area contributed by atoms with Crippen molar-refractivity contribution in [2.75, 3.05) is 13.1 Å². The first-order valence-corrected chi connectivity index (χ1v) is 11.3. The van der Waals surface area contributed by atoms with E-state index in [0.717, 1.165) is 6.92 Å². The summed E-state index contributed by atoms with van der Waals surface area (Å²) in [6, 6.07) is 5.49. The number of halogens is 2. The van der Waals surface area contributed by atoms with Crippen LogP contribution in [0.4, 0.5) is 8.78 Å². The number of hydrogen-bond donors (Lipinski definition) is 1. The van der Waals surface area contributed by atoms with Gasteiger partial charge in [-0.15, -0.1) is 0 Å². The molecule has 8 nitrogen and oxygen atoms in total. The number of hydrogen-bond acceptors (Lipinski definition) is 5. The number of ketones is 1. The van der Waals surface area contributed by atoms with Gasteiger partial charge in [0.25, 0.3) is 11.5 Å². The van der Waals surface area contributed by atoms with E-state index in [4.69, 9.17) is 0 Å². The van der Waals surface area contributed by atoms with Crippen molar-refractivity contribution in [1.82, 2.24) is 24.6 Å². The molecular weight excluding hydrogens is 444 g/mol. The summed E-state index contributed by atoms with van der Waals surface area (Å²) in [7, 11) is 1.72. The topological polar surface area (TPSA) is 101 Å². The molecule has 0 aliphatic carbocycles. The number of aromatic amines is 1. The van der Waals surface area contributed by atoms with Crippen LogP contribution in [0.5, 0.6) is 0 Å². The van der Waals surface area contributed by atoms with Gasteiger partial charge in [0, 0.05) is 56.9 Å². The summed E-state index contributed by atoms with van der Waals surface area (Å²) in [6.45, 7) is 1.79. The Hall–Kier alpha value is -3.43. The fourth-order valence-corrected chi connectivity index (χ4v) is 4.32. The van der Waals surface area contributed by atoms with Gasteiger partial charge in [-0.2, -0.15) is 5.10 Å². The fourth-order valence-electron chi connectivity index (χ4n) is 4.32. The monoisotopic (exact) mass is 471 g/mol. The second kappa shape index (κ2) is 9.44. The number of benzene rings is 1. The molecule has 2 aromatic heterocycles. The molecule has 0 bridgehead atoms. The minimum Gasteiger partial charge on any atom is -0.343 e. The number of Topliss-reactive ketones (excluding diaryl/α,β-unsaturated/α-hetero) is 1. The normalized spacial score (nSPS) is 15.1. The first-order chi connectivity index (χ1) is 16.1. The smallest absolute Gasteiger partial charge is 0.270 e. The van der Waals surface area contributed by atoms with E-state index in [2.05, 4.69) is 15.1 Å². The number of piperidine rings is 1. The zero-order valence-electron chi connectivity index (χ0n) is 19.2. The Morgan fingerprint density at radius 1 is 1.18 bits per heavy atom. The molecule has 1 amide bonds. The van der Waals surface area contributed by atoms with Crippen molar-refractivity contribution in [3.05, 3.63) is 57.8 Å². The van der Waals surface area contributed by atoms with Crippen molar-refractivity contribution < 1.29 is 18.4 Å². The average molecular weight is 472 g/mol. The first kappa shape index (κ1) is 23.7. The molecule has 1 aromatic carbocycles. The summed E-state index contributed by atoms with van der Waals surface area (Å²) in [4.78, 5) is 46.4. The SMILES string of the molecule is Cn1ncc2c(=O)[nH]c(CCCC(=O)N3CCC(C(=O)c4ccc(C(C)(F)F)cc4)CC3)nc21. The van der Waals surface area contributed by atoms with Gasteiger partial charge in [0.05, 0.1) is 6.20 Å². The molecule has 0 radical (unpaired) electrons. The number of nitrogens with one attached hydrogen (secondary N) is 1. The van der Waals surface area contributed by atoms with E-state index in [1.165, 1.54) is 35.1 Å². The van der Waals surface area contributed by atoms with Crippen molar-refractivity contribution in [3.8, 4) is 0 Å². The first-order valence-electron chi connectivity index (χ1n) is 11.3. The van der Waals surface area contributed by atoms with E-state index in [0.29, 0.717) is 67.6 Å². The maximum Gasteiger partial charge on any atom is 0.270 e. The highest BCUT2D eigenvalue weighted by molar-refractivity contribution is 5.98. The van der Waals surface area contributed by atoms with Gasteiger partial charge in [0.2, 0.25) is 5.91 Å². The molecule has 0 atom stereocenters. The molecule has 0 saturated carbocycles. The van der Waals surface area contributed by atoms with Crippen LogP contribution in [0.2, 0.25) is 0 Å². The third kappa shape index (κ3) is 5.05. The summed E-state index contributed by atoms with van der Waals surface area (Å²) in [5.74, 6) is -2.71. The standard InChI is InChI=1S/C24H27F2N5O3/c1-24(25,26)17-8-6-15(7-9-17)21(33)16-10-12-31(13-11-16)20(32)5-3-4-19-28-22-18(23(34)29-19)14-27-30(22)2/h6-9,14,16H,3-5,10-13H2,1-2H3,(H,28,29,34). The number of H-pyrrole nitrogens is 1. The predicted molar refractivity (Wildman–Crippen MR) is 122 cm³/mol. The number of carbonyl (C=O) groups is 2. The molecule has 1 aliphatic rings. The van der Waals surface area contributed by atoms with Crippen LogP contribution < -0.4 is 5.56 Å². The lowest BCUT2D eigenvalue weighted by Crippen LogP contribution is -2.40. The van der Waals surface area contributed by atoms with Gasteiger partial charge in [-0.3, -0.25) is 19.1 Å². The molecule has 3 heterocycles. The molecular formula is C24H27F2N5O3. The number of alkyl halides is 2. The molecule has 1 N–H and O–H groups in total. The average Bonchev–Trinajstić information content (AvgIpc) is 3.19. The molecule has 180 valence electrons. The zero-order chi connectivity index (χ0) is 24.5. The third-order valence-electron chi connectivity index (χ3n) is 6.35. The van der Waals surface area contributed by atoms with Crippen molar-refractivity contribution in [3.63, 3.8) is 0 Å². The highest BCUT2D eigenvalue weighted by atomic mass is 19.3. The number of rotatable bonds is 7. The lowest BCUT2D eigenvalue weighted by Gasteiger charge is -2.31. The van der Waals surface area contributed by atoms with Gasteiger partial charge in [-0.25, -0.2) is 13.8 Å². The van der Waals surface area contributed by atoms with Crippen LogP contribution in [0.15, 0.2) is 35.3 Å². The Bertz CT molecular complexity index is 1250. The minimum atomic E-state index is -2.94. The van der Waals surface area contributed by atoms with Gasteiger partial charge < -0.3 is 9.88 Å². The molecule has 1 fully saturated rings. The van der Waals surface area contributed by atoms with Crippen LogP contribution in [0.1, 0.15) is 54.4 Å². The highest BCUT2D eigenvalue weighted by Gasteiger charge is 2.29. The molecule has 0 spiro atoms. The number of carbonyl (C=O) groups excluding carboxylic acids is 2. The lowest BCUT2D eigenvalue weighted by atomic mass is 9.88. The van der Waals surface area contributed by atoms with Crippen LogP contribution in [-0.2, 0) is 24.2 Å². The molecule has 0 unspecified atom stereocenters. The summed E-state index contributed by atoms with van der Waals surface area (Å²) < 4.78 is 28.3. The maximum atomic E-state index is 13.4. The van der Waals surface area contributed by atoms with Crippen LogP contribution >= 0.6 is 0 Å². The van der Waals surface area contributed by atoms with Crippen molar-refractivity contribution in [2.24, 2.45) is 13.0 Å². The molecule has 4 rings (SSSR count). The maximum absolute atomic E-state index is 13.4. The number of fused-ring (bicyclic) bond motifs is 1.